The number of halogens is 1. The van der Waals surface area contributed by atoms with Gasteiger partial charge in [-0.25, -0.2) is 12.8 Å². The Morgan fingerprint density at radius 1 is 0.938 bits per heavy atom. The van der Waals surface area contributed by atoms with Crippen LogP contribution in [0.4, 0.5) is 10.1 Å². The molecule has 0 atom stereocenters. The zero-order valence-corrected chi connectivity index (χ0v) is 19.8. The summed E-state index contributed by atoms with van der Waals surface area (Å²) in [5.41, 5.74) is 0.873. The monoisotopic (exact) mass is 479 g/mol. The Labute approximate surface area is 193 Å². The van der Waals surface area contributed by atoms with Gasteiger partial charge < -0.3 is 10.2 Å². The molecule has 1 aromatic carbocycles. The SMILES string of the molecule is O=C(NC1CCCCCCC1)c1sccc1S(=O)(=O)N1CCN(c2ccc(F)cc2)CC1. The van der Waals surface area contributed by atoms with Crippen molar-refractivity contribution in [3.63, 3.8) is 0 Å². The molecule has 0 radical (unpaired) electrons. The number of anilines is 1. The fourth-order valence-electron chi connectivity index (χ4n) is 4.50. The number of sulfonamides is 1. The molecule has 2 fully saturated rings. The molecule has 32 heavy (non-hydrogen) atoms. The number of carbonyl (C=O) groups excluding carboxylic acids is 1. The number of hydrogen-bond donors (Lipinski definition) is 1. The van der Waals surface area contributed by atoms with E-state index in [1.54, 1.807) is 23.6 Å². The Kier molecular flexibility index (Phi) is 7.48. The second kappa shape index (κ2) is 10.3. The number of nitrogens with one attached hydrogen (secondary N) is 1. The molecule has 9 heteroatoms. The average Bonchev–Trinajstić information content (AvgIpc) is 3.27. The molecule has 2 aliphatic rings. The molecule has 0 spiro atoms. The quantitative estimate of drug-likeness (QED) is 0.696. The lowest BCUT2D eigenvalue weighted by molar-refractivity contribution is 0.0931. The summed E-state index contributed by atoms with van der Waals surface area (Å²) in [4.78, 5) is 15.4. The normalized spacial score (nSPS) is 19.3. The predicted octanol–water partition coefficient (Wildman–Crippen LogP) is 4.24. The van der Waals surface area contributed by atoms with E-state index < -0.39 is 10.0 Å². The largest absolute Gasteiger partial charge is 0.369 e. The van der Waals surface area contributed by atoms with Crippen molar-refractivity contribution in [1.29, 1.82) is 0 Å². The van der Waals surface area contributed by atoms with Crippen LogP contribution in [0.3, 0.4) is 0 Å². The molecule has 1 aromatic heterocycles. The lowest BCUT2D eigenvalue weighted by Gasteiger charge is -2.35. The highest BCUT2D eigenvalue weighted by Gasteiger charge is 2.33. The Morgan fingerprint density at radius 3 is 2.22 bits per heavy atom. The van der Waals surface area contributed by atoms with Crippen molar-refractivity contribution in [2.75, 3.05) is 31.1 Å². The van der Waals surface area contributed by atoms with Crippen LogP contribution in [0.1, 0.15) is 54.6 Å². The fourth-order valence-corrected chi connectivity index (χ4v) is 7.22. The molecule has 1 saturated carbocycles. The van der Waals surface area contributed by atoms with Crippen molar-refractivity contribution in [2.45, 2.75) is 55.9 Å². The Morgan fingerprint density at radius 2 is 1.56 bits per heavy atom. The molecule has 2 heterocycles. The summed E-state index contributed by atoms with van der Waals surface area (Å²) in [6.07, 6.45) is 7.72. The van der Waals surface area contributed by atoms with E-state index >= 15 is 0 Å². The first-order valence-corrected chi connectivity index (χ1v) is 13.7. The second-order valence-corrected chi connectivity index (χ2v) is 11.3. The van der Waals surface area contributed by atoms with E-state index in [1.807, 2.05) is 4.90 Å². The van der Waals surface area contributed by atoms with Gasteiger partial charge in [0.1, 0.15) is 15.6 Å². The number of rotatable bonds is 5. The summed E-state index contributed by atoms with van der Waals surface area (Å²) < 4.78 is 41.3. The summed E-state index contributed by atoms with van der Waals surface area (Å²) in [6, 6.07) is 7.88. The van der Waals surface area contributed by atoms with Crippen LogP contribution in [-0.4, -0.2) is 50.9 Å². The van der Waals surface area contributed by atoms with Gasteiger partial charge in [-0.2, -0.15) is 4.31 Å². The number of thiophene rings is 1. The number of hydrogen-bond acceptors (Lipinski definition) is 5. The van der Waals surface area contributed by atoms with Gasteiger partial charge in [-0.05, 0) is 48.6 Å². The van der Waals surface area contributed by atoms with Gasteiger partial charge in [0.15, 0.2) is 0 Å². The first-order valence-electron chi connectivity index (χ1n) is 11.3. The number of amides is 1. The van der Waals surface area contributed by atoms with E-state index in [-0.39, 0.29) is 27.5 Å². The molecule has 1 aliphatic carbocycles. The Balaban J connectivity index is 1.42. The van der Waals surface area contributed by atoms with Gasteiger partial charge in [0.05, 0.1) is 0 Å². The number of carbonyl (C=O) groups is 1. The first kappa shape index (κ1) is 23.2. The van der Waals surface area contributed by atoms with Gasteiger partial charge >= 0.3 is 0 Å². The predicted molar refractivity (Wildman–Crippen MR) is 125 cm³/mol. The standard InChI is InChI=1S/C23H30FN3O3S2/c24-18-8-10-20(11-9-18)26-13-15-27(16-14-26)32(29,30)21-12-17-31-22(21)23(28)25-19-6-4-2-1-3-5-7-19/h8-12,17,19H,1-7,13-16H2,(H,25,28). The van der Waals surface area contributed by atoms with Crippen LogP contribution in [0, 0.1) is 5.82 Å². The van der Waals surface area contributed by atoms with E-state index in [9.17, 15) is 17.6 Å². The third kappa shape index (κ3) is 5.32. The van der Waals surface area contributed by atoms with Crippen LogP contribution >= 0.6 is 11.3 Å². The fraction of sp³-hybridized carbons (Fsp3) is 0.522. The summed E-state index contributed by atoms with van der Waals surface area (Å²) in [6.45, 7) is 1.66. The second-order valence-electron chi connectivity index (χ2n) is 8.50. The van der Waals surface area contributed by atoms with Crippen LogP contribution in [-0.2, 0) is 10.0 Å². The van der Waals surface area contributed by atoms with Crippen molar-refractivity contribution >= 4 is 33.0 Å². The molecular formula is C23H30FN3O3S2. The third-order valence-corrected chi connectivity index (χ3v) is 9.31. The van der Waals surface area contributed by atoms with Crippen molar-refractivity contribution < 1.29 is 17.6 Å². The lowest BCUT2D eigenvalue weighted by Crippen LogP contribution is -2.49. The minimum absolute atomic E-state index is 0.0982. The van der Waals surface area contributed by atoms with E-state index in [1.165, 1.54) is 47.0 Å². The van der Waals surface area contributed by atoms with Crippen LogP contribution in [0.5, 0.6) is 0 Å². The van der Waals surface area contributed by atoms with Gasteiger partial charge in [-0.3, -0.25) is 4.79 Å². The highest BCUT2D eigenvalue weighted by molar-refractivity contribution is 7.89. The molecule has 174 valence electrons. The molecule has 4 rings (SSSR count). The number of benzene rings is 1. The number of nitrogens with zero attached hydrogens (tertiary/aromatic N) is 2. The third-order valence-electron chi connectivity index (χ3n) is 6.32. The van der Waals surface area contributed by atoms with Gasteiger partial charge in [-0.1, -0.05) is 32.1 Å². The molecule has 2 aromatic rings. The Hall–Kier alpha value is -1.97. The number of piperazine rings is 1. The van der Waals surface area contributed by atoms with Gasteiger partial charge in [-0.15, -0.1) is 11.3 Å². The minimum Gasteiger partial charge on any atom is -0.369 e. The molecule has 0 unspecified atom stereocenters. The smallest absolute Gasteiger partial charge is 0.262 e. The maximum Gasteiger partial charge on any atom is 0.262 e. The van der Waals surface area contributed by atoms with Crippen molar-refractivity contribution in [3.8, 4) is 0 Å². The first-order chi connectivity index (χ1) is 15.4. The lowest BCUT2D eigenvalue weighted by atomic mass is 9.97. The highest BCUT2D eigenvalue weighted by atomic mass is 32.2. The van der Waals surface area contributed by atoms with Crippen LogP contribution in [0.2, 0.25) is 0 Å². The average molecular weight is 480 g/mol. The molecular weight excluding hydrogens is 449 g/mol. The molecule has 1 amide bonds. The summed E-state index contributed by atoms with van der Waals surface area (Å²) in [5.74, 6) is -0.577. The van der Waals surface area contributed by atoms with E-state index in [0.717, 1.165) is 31.4 Å². The molecule has 1 saturated heterocycles. The van der Waals surface area contributed by atoms with Crippen LogP contribution in [0.25, 0.3) is 0 Å². The van der Waals surface area contributed by atoms with Crippen LogP contribution < -0.4 is 10.2 Å². The molecule has 6 nitrogen and oxygen atoms in total. The summed E-state index contributed by atoms with van der Waals surface area (Å²) in [5, 5.41) is 4.76. The van der Waals surface area contributed by atoms with Crippen molar-refractivity contribution in [1.82, 2.24) is 9.62 Å². The molecule has 1 N–H and O–H groups in total. The summed E-state index contributed by atoms with van der Waals surface area (Å²) in [7, 11) is -3.76. The maximum atomic E-state index is 13.3. The minimum atomic E-state index is -3.76. The maximum absolute atomic E-state index is 13.3. The molecule has 0 bridgehead atoms. The van der Waals surface area contributed by atoms with Crippen molar-refractivity contribution in [3.05, 3.63) is 46.4 Å². The molecule has 1 aliphatic heterocycles. The van der Waals surface area contributed by atoms with E-state index in [2.05, 4.69) is 5.32 Å². The highest BCUT2D eigenvalue weighted by Crippen LogP contribution is 2.28. The summed E-state index contributed by atoms with van der Waals surface area (Å²) >= 11 is 1.18. The van der Waals surface area contributed by atoms with Gasteiger partial charge in [0, 0.05) is 37.9 Å². The Bertz CT molecular complexity index is 1010. The van der Waals surface area contributed by atoms with Gasteiger partial charge in [0.2, 0.25) is 10.0 Å². The van der Waals surface area contributed by atoms with Gasteiger partial charge in [0.25, 0.3) is 5.91 Å². The zero-order chi connectivity index (χ0) is 22.6. The topological polar surface area (TPSA) is 69.7 Å². The zero-order valence-electron chi connectivity index (χ0n) is 18.1. The van der Waals surface area contributed by atoms with E-state index in [4.69, 9.17) is 0 Å². The van der Waals surface area contributed by atoms with Crippen molar-refractivity contribution in [2.24, 2.45) is 0 Å². The van der Waals surface area contributed by atoms with E-state index in [0.29, 0.717) is 26.2 Å². The van der Waals surface area contributed by atoms with Crippen LogP contribution in [0.15, 0.2) is 40.6 Å².